The molecule has 0 saturated carbocycles. The molecule has 6 nitrogen and oxygen atoms in total. The molecule has 6 heteroatoms. The van der Waals surface area contributed by atoms with Crippen LogP contribution in [0.15, 0.2) is 54.6 Å². The van der Waals surface area contributed by atoms with Crippen LogP contribution in [0.1, 0.15) is 20.7 Å². The number of nitrogens with one attached hydrogen (secondary N) is 2. The number of carbonyl (C=O) groups excluding carboxylic acids is 3. The van der Waals surface area contributed by atoms with Crippen LogP contribution in [-0.2, 0) is 4.79 Å². The summed E-state index contributed by atoms with van der Waals surface area (Å²) in [4.78, 5) is 34.3. The van der Waals surface area contributed by atoms with Crippen molar-refractivity contribution in [3.05, 3.63) is 65.7 Å². The predicted molar refractivity (Wildman–Crippen MR) is 89.1 cm³/mol. The molecule has 0 saturated heterocycles. The quantitative estimate of drug-likeness (QED) is 0.568. The van der Waals surface area contributed by atoms with Crippen LogP contribution in [0.5, 0.6) is 5.75 Å². The fraction of sp³-hybridized carbons (Fsp3) is 0.167. The minimum atomic E-state index is -0.329. The third kappa shape index (κ3) is 5.24. The fourth-order valence-electron chi connectivity index (χ4n) is 1.97. The van der Waals surface area contributed by atoms with Crippen LogP contribution < -0.4 is 15.4 Å². The van der Waals surface area contributed by atoms with Crippen molar-refractivity contribution in [2.75, 3.05) is 19.7 Å². The molecule has 0 fully saturated rings. The molecule has 24 heavy (non-hydrogen) atoms. The number of rotatable bonds is 8. The first-order valence-corrected chi connectivity index (χ1v) is 7.47. The van der Waals surface area contributed by atoms with Crippen LogP contribution in [0, 0.1) is 0 Å². The number of carbonyl (C=O) groups is 3. The second kappa shape index (κ2) is 9.09. The molecule has 0 aromatic heterocycles. The zero-order chi connectivity index (χ0) is 17.2. The highest BCUT2D eigenvalue weighted by Crippen LogP contribution is 2.15. The highest BCUT2D eigenvalue weighted by Gasteiger charge is 2.06. The number of hydrogen-bond donors (Lipinski definition) is 2. The Labute approximate surface area is 139 Å². The molecule has 0 aliphatic heterocycles. The van der Waals surface area contributed by atoms with E-state index in [1.54, 1.807) is 48.5 Å². The number of hydrogen-bond acceptors (Lipinski definition) is 4. The maximum Gasteiger partial charge on any atom is 0.258 e. The SMILES string of the molecule is O=Cc1ccccc1OCC(=O)NCCNC(=O)c1ccccc1. The van der Waals surface area contributed by atoms with Gasteiger partial charge < -0.3 is 15.4 Å². The molecule has 2 rings (SSSR count). The van der Waals surface area contributed by atoms with Crippen molar-refractivity contribution < 1.29 is 19.1 Å². The second-order valence-electron chi connectivity index (χ2n) is 4.92. The maximum absolute atomic E-state index is 11.8. The zero-order valence-electron chi connectivity index (χ0n) is 13.0. The number of aldehydes is 1. The summed E-state index contributed by atoms with van der Waals surface area (Å²) < 4.78 is 5.31. The Balaban J connectivity index is 1.67. The van der Waals surface area contributed by atoms with E-state index in [2.05, 4.69) is 10.6 Å². The second-order valence-corrected chi connectivity index (χ2v) is 4.92. The Bertz CT molecular complexity index is 701. The number of ether oxygens (including phenoxy) is 1. The summed E-state index contributed by atoms with van der Waals surface area (Å²) in [6.45, 7) is 0.401. The molecule has 0 bridgehead atoms. The molecule has 2 N–H and O–H groups in total. The number of benzene rings is 2. The molecular weight excluding hydrogens is 308 g/mol. The van der Waals surface area contributed by atoms with Crippen LogP contribution in [0.4, 0.5) is 0 Å². The lowest BCUT2D eigenvalue weighted by Gasteiger charge is -2.09. The lowest BCUT2D eigenvalue weighted by Crippen LogP contribution is -2.36. The van der Waals surface area contributed by atoms with Crippen molar-refractivity contribution >= 4 is 18.1 Å². The molecule has 0 heterocycles. The zero-order valence-corrected chi connectivity index (χ0v) is 13.0. The van der Waals surface area contributed by atoms with E-state index in [9.17, 15) is 14.4 Å². The van der Waals surface area contributed by atoms with Crippen molar-refractivity contribution in [1.29, 1.82) is 0 Å². The van der Waals surface area contributed by atoms with E-state index in [0.717, 1.165) is 0 Å². The van der Waals surface area contributed by atoms with E-state index in [-0.39, 0.29) is 25.0 Å². The monoisotopic (exact) mass is 326 g/mol. The van der Waals surface area contributed by atoms with Gasteiger partial charge in [0, 0.05) is 18.7 Å². The van der Waals surface area contributed by atoms with Gasteiger partial charge in [0.1, 0.15) is 5.75 Å². The predicted octanol–water partition coefficient (Wildman–Crippen LogP) is 1.42. The molecule has 0 spiro atoms. The van der Waals surface area contributed by atoms with E-state index in [1.165, 1.54) is 0 Å². The van der Waals surface area contributed by atoms with Gasteiger partial charge in [-0.15, -0.1) is 0 Å². The highest BCUT2D eigenvalue weighted by molar-refractivity contribution is 5.94. The minimum absolute atomic E-state index is 0.194. The van der Waals surface area contributed by atoms with Crippen LogP contribution in [0.3, 0.4) is 0 Å². The van der Waals surface area contributed by atoms with E-state index in [1.807, 2.05) is 6.07 Å². The van der Waals surface area contributed by atoms with Crippen molar-refractivity contribution in [2.24, 2.45) is 0 Å². The molecule has 0 unspecified atom stereocenters. The molecular formula is C18H18N2O4. The summed E-state index contributed by atoms with van der Waals surface area (Å²) in [7, 11) is 0. The molecule has 124 valence electrons. The van der Waals surface area contributed by atoms with Crippen molar-refractivity contribution in [2.45, 2.75) is 0 Å². The van der Waals surface area contributed by atoms with Crippen LogP contribution >= 0.6 is 0 Å². The molecule has 0 aliphatic carbocycles. The van der Waals surface area contributed by atoms with Crippen molar-refractivity contribution in [3.8, 4) is 5.75 Å². The van der Waals surface area contributed by atoms with Gasteiger partial charge in [-0.1, -0.05) is 30.3 Å². The number of amides is 2. The van der Waals surface area contributed by atoms with Gasteiger partial charge in [0.2, 0.25) is 0 Å². The standard InChI is InChI=1S/C18H18N2O4/c21-12-15-8-4-5-9-16(15)24-13-17(22)19-10-11-20-18(23)14-6-2-1-3-7-14/h1-9,12H,10-11,13H2,(H,19,22)(H,20,23). The first-order valence-electron chi connectivity index (χ1n) is 7.47. The summed E-state index contributed by atoms with van der Waals surface area (Å²) in [5.74, 6) is -0.161. The van der Waals surface area contributed by atoms with Crippen molar-refractivity contribution in [3.63, 3.8) is 0 Å². The van der Waals surface area contributed by atoms with Gasteiger partial charge in [0.05, 0.1) is 5.56 Å². The Kier molecular flexibility index (Phi) is 6.52. The van der Waals surface area contributed by atoms with Crippen molar-refractivity contribution in [1.82, 2.24) is 10.6 Å². The average Bonchev–Trinajstić information content (AvgIpc) is 2.64. The van der Waals surface area contributed by atoms with Gasteiger partial charge in [-0.05, 0) is 24.3 Å². The Morgan fingerprint density at radius 3 is 2.33 bits per heavy atom. The van der Waals surface area contributed by atoms with Gasteiger partial charge in [0.25, 0.3) is 11.8 Å². The third-order valence-electron chi connectivity index (χ3n) is 3.17. The highest BCUT2D eigenvalue weighted by atomic mass is 16.5. The summed E-state index contributed by atoms with van der Waals surface area (Å²) in [5.41, 5.74) is 0.957. The molecule has 0 radical (unpaired) electrons. The van der Waals surface area contributed by atoms with E-state index < -0.39 is 0 Å². The lowest BCUT2D eigenvalue weighted by molar-refractivity contribution is -0.123. The van der Waals surface area contributed by atoms with Crippen LogP contribution in [0.2, 0.25) is 0 Å². The van der Waals surface area contributed by atoms with E-state index in [4.69, 9.17) is 4.74 Å². The topological polar surface area (TPSA) is 84.5 Å². The summed E-state index contributed by atoms with van der Waals surface area (Å²) in [6.07, 6.45) is 0.673. The number of para-hydroxylation sites is 1. The Morgan fingerprint density at radius 2 is 1.58 bits per heavy atom. The van der Waals surface area contributed by atoms with Gasteiger partial charge >= 0.3 is 0 Å². The van der Waals surface area contributed by atoms with Crippen LogP contribution in [-0.4, -0.2) is 37.8 Å². The molecule has 2 aromatic rings. The summed E-state index contributed by atoms with van der Waals surface area (Å²) >= 11 is 0. The molecule has 0 aliphatic rings. The normalized spacial score (nSPS) is 9.83. The van der Waals surface area contributed by atoms with Gasteiger partial charge in [0.15, 0.2) is 12.9 Å². The summed E-state index contributed by atoms with van der Waals surface area (Å²) in [5, 5.41) is 5.34. The molecule has 2 amide bonds. The first-order chi connectivity index (χ1) is 11.7. The largest absolute Gasteiger partial charge is 0.483 e. The minimum Gasteiger partial charge on any atom is -0.483 e. The Hall–Kier alpha value is -3.15. The maximum atomic E-state index is 11.8. The molecule has 0 atom stereocenters. The molecule has 2 aromatic carbocycles. The van der Waals surface area contributed by atoms with Crippen LogP contribution in [0.25, 0.3) is 0 Å². The Morgan fingerprint density at radius 1 is 0.917 bits per heavy atom. The van der Waals surface area contributed by atoms with E-state index in [0.29, 0.717) is 29.7 Å². The van der Waals surface area contributed by atoms with Gasteiger partial charge in [-0.2, -0.15) is 0 Å². The third-order valence-corrected chi connectivity index (χ3v) is 3.17. The summed E-state index contributed by atoms with van der Waals surface area (Å²) in [6, 6.07) is 15.5. The van der Waals surface area contributed by atoms with Gasteiger partial charge in [-0.25, -0.2) is 0 Å². The lowest BCUT2D eigenvalue weighted by atomic mass is 10.2. The average molecular weight is 326 g/mol. The van der Waals surface area contributed by atoms with E-state index >= 15 is 0 Å². The van der Waals surface area contributed by atoms with Gasteiger partial charge in [-0.3, -0.25) is 14.4 Å². The first kappa shape index (κ1) is 17.2. The fourth-order valence-corrected chi connectivity index (χ4v) is 1.97. The smallest absolute Gasteiger partial charge is 0.258 e.